The predicted octanol–water partition coefficient (Wildman–Crippen LogP) is 1.36. The molecule has 8 heteroatoms. The van der Waals surface area contributed by atoms with Gasteiger partial charge in [0.25, 0.3) is 0 Å². The van der Waals surface area contributed by atoms with Gasteiger partial charge in [0.1, 0.15) is 24.3 Å². The fourth-order valence-corrected chi connectivity index (χ4v) is 2.81. The Morgan fingerprint density at radius 3 is 2.67 bits per heavy atom. The number of likely N-dealkylation sites (N-methyl/N-ethyl adjacent to an activating group) is 1. The lowest BCUT2D eigenvalue weighted by atomic mass is 10.3. The average molecular weight is 373 g/mol. The van der Waals surface area contributed by atoms with Gasteiger partial charge in [-0.2, -0.15) is 4.98 Å². The molecule has 3 rings (SSSR count). The third-order valence-corrected chi connectivity index (χ3v) is 4.10. The van der Waals surface area contributed by atoms with Gasteiger partial charge in [0.2, 0.25) is 5.95 Å². The maximum atomic E-state index is 9.86. The Labute approximate surface area is 159 Å². The summed E-state index contributed by atoms with van der Waals surface area (Å²) in [5, 5.41) is 13.1. The summed E-state index contributed by atoms with van der Waals surface area (Å²) in [5.74, 6) is 2.15. The Bertz CT molecular complexity index is 705. The Hall–Kier alpha value is -2.42. The molecule has 2 aromatic rings. The van der Waals surface area contributed by atoms with Gasteiger partial charge in [-0.05, 0) is 44.4 Å². The monoisotopic (exact) mass is 373 g/mol. The normalized spacial score (nSPS) is 15.6. The Morgan fingerprint density at radius 1 is 1.22 bits per heavy atom. The van der Waals surface area contributed by atoms with E-state index in [0.717, 1.165) is 37.8 Å². The quantitative estimate of drug-likeness (QED) is 0.718. The number of aliphatic hydroxyl groups is 1. The topological polar surface area (TPSA) is 83.0 Å². The van der Waals surface area contributed by atoms with Gasteiger partial charge in [0.05, 0.1) is 13.2 Å². The van der Waals surface area contributed by atoms with Crippen molar-refractivity contribution in [2.24, 2.45) is 0 Å². The number of hydrogen-bond acceptors (Lipinski definition) is 8. The third-order valence-electron chi connectivity index (χ3n) is 4.10. The van der Waals surface area contributed by atoms with Crippen LogP contribution in [0.5, 0.6) is 5.75 Å². The van der Waals surface area contributed by atoms with E-state index in [1.165, 1.54) is 0 Å². The van der Waals surface area contributed by atoms with Crippen molar-refractivity contribution in [3.8, 4) is 5.75 Å². The van der Waals surface area contributed by atoms with Crippen LogP contribution >= 0.6 is 0 Å². The summed E-state index contributed by atoms with van der Waals surface area (Å²) in [4.78, 5) is 13.0. The number of nitrogens with zero attached hydrogens (tertiary/aromatic N) is 4. The van der Waals surface area contributed by atoms with E-state index < -0.39 is 6.10 Å². The predicted molar refractivity (Wildman–Crippen MR) is 105 cm³/mol. The van der Waals surface area contributed by atoms with Gasteiger partial charge in [0, 0.05) is 31.5 Å². The number of benzene rings is 1. The summed E-state index contributed by atoms with van der Waals surface area (Å²) >= 11 is 0. The molecule has 1 aliphatic rings. The minimum atomic E-state index is -0.519. The molecule has 0 radical (unpaired) electrons. The maximum Gasteiger partial charge on any atom is 0.229 e. The van der Waals surface area contributed by atoms with E-state index in [0.29, 0.717) is 18.2 Å². The highest BCUT2D eigenvalue weighted by atomic mass is 16.5. The van der Waals surface area contributed by atoms with Gasteiger partial charge in [0.15, 0.2) is 0 Å². The number of nitrogens with one attached hydrogen (secondary N) is 1. The Morgan fingerprint density at radius 2 is 1.96 bits per heavy atom. The molecule has 2 heterocycles. The summed E-state index contributed by atoms with van der Waals surface area (Å²) in [6, 6.07) is 9.43. The molecule has 146 valence electrons. The molecule has 1 aliphatic heterocycles. The number of aliphatic hydroxyl groups excluding tert-OH is 1. The van der Waals surface area contributed by atoms with Crippen LogP contribution in [-0.4, -0.2) is 79.6 Å². The number of anilines is 3. The fraction of sp³-hybridized carbons (Fsp3) is 0.474. The number of hydrogen-bond donors (Lipinski definition) is 2. The minimum absolute atomic E-state index is 0.260. The molecule has 1 saturated heterocycles. The zero-order valence-electron chi connectivity index (χ0n) is 15.8. The molecule has 1 unspecified atom stereocenters. The molecule has 1 fully saturated rings. The van der Waals surface area contributed by atoms with Crippen LogP contribution in [0.1, 0.15) is 0 Å². The molecule has 1 aromatic carbocycles. The SMILES string of the molecule is CN(C)CC(O)COc1ccc(Nc2nccc(N3CCOCC3)n2)cc1. The van der Waals surface area contributed by atoms with Gasteiger partial charge in [-0.25, -0.2) is 4.98 Å². The summed E-state index contributed by atoms with van der Waals surface area (Å²) in [5.41, 5.74) is 0.871. The van der Waals surface area contributed by atoms with Gasteiger partial charge in [-0.15, -0.1) is 0 Å². The Kier molecular flexibility index (Phi) is 6.80. The molecule has 0 aliphatic carbocycles. The molecule has 0 saturated carbocycles. The second-order valence-corrected chi connectivity index (χ2v) is 6.71. The van der Waals surface area contributed by atoms with Crippen LogP contribution in [0.2, 0.25) is 0 Å². The zero-order valence-corrected chi connectivity index (χ0v) is 15.8. The first-order valence-electron chi connectivity index (χ1n) is 9.08. The van der Waals surface area contributed by atoms with Crippen molar-refractivity contribution in [1.29, 1.82) is 0 Å². The van der Waals surface area contributed by atoms with Crippen LogP contribution in [0.3, 0.4) is 0 Å². The van der Waals surface area contributed by atoms with Crippen LogP contribution < -0.4 is 15.0 Å². The zero-order chi connectivity index (χ0) is 19.1. The second kappa shape index (κ2) is 9.50. The highest BCUT2D eigenvalue weighted by Gasteiger charge is 2.13. The van der Waals surface area contributed by atoms with E-state index in [1.807, 2.05) is 49.3 Å². The highest BCUT2D eigenvalue weighted by molar-refractivity contribution is 5.56. The van der Waals surface area contributed by atoms with Crippen molar-refractivity contribution in [1.82, 2.24) is 14.9 Å². The summed E-state index contributed by atoms with van der Waals surface area (Å²) in [6.07, 6.45) is 1.23. The molecular formula is C19H27N5O3. The number of morpholine rings is 1. The Balaban J connectivity index is 1.55. The first-order valence-corrected chi connectivity index (χ1v) is 9.08. The second-order valence-electron chi connectivity index (χ2n) is 6.71. The van der Waals surface area contributed by atoms with E-state index in [9.17, 15) is 5.11 Å². The lowest BCUT2D eigenvalue weighted by Gasteiger charge is -2.27. The summed E-state index contributed by atoms with van der Waals surface area (Å²) in [7, 11) is 3.83. The smallest absolute Gasteiger partial charge is 0.229 e. The minimum Gasteiger partial charge on any atom is -0.491 e. The molecule has 1 aromatic heterocycles. The van der Waals surface area contributed by atoms with Crippen LogP contribution in [0.25, 0.3) is 0 Å². The van der Waals surface area contributed by atoms with Gasteiger partial charge >= 0.3 is 0 Å². The van der Waals surface area contributed by atoms with Crippen LogP contribution in [0.15, 0.2) is 36.5 Å². The standard InChI is InChI=1S/C19H27N5O3/c1-23(2)13-16(25)14-27-17-5-3-15(4-6-17)21-19-20-8-7-18(22-19)24-9-11-26-12-10-24/h3-8,16,25H,9-14H2,1-2H3,(H,20,21,22). The lowest BCUT2D eigenvalue weighted by Crippen LogP contribution is -2.36. The van der Waals surface area contributed by atoms with Gasteiger partial charge in [-0.1, -0.05) is 0 Å². The van der Waals surface area contributed by atoms with Crippen LogP contribution in [-0.2, 0) is 4.74 Å². The van der Waals surface area contributed by atoms with Crippen molar-refractivity contribution in [3.05, 3.63) is 36.5 Å². The number of aromatic nitrogens is 2. The molecular weight excluding hydrogens is 346 g/mol. The first kappa shape index (κ1) is 19.3. The molecule has 1 atom stereocenters. The summed E-state index contributed by atoms with van der Waals surface area (Å²) in [6.45, 7) is 3.94. The third kappa shape index (κ3) is 6.06. The van der Waals surface area contributed by atoms with Crippen molar-refractivity contribution >= 4 is 17.5 Å². The van der Waals surface area contributed by atoms with Crippen LogP contribution in [0, 0.1) is 0 Å². The number of rotatable bonds is 8. The van der Waals surface area contributed by atoms with E-state index in [4.69, 9.17) is 9.47 Å². The number of ether oxygens (including phenoxy) is 2. The molecule has 0 spiro atoms. The highest BCUT2D eigenvalue weighted by Crippen LogP contribution is 2.20. The van der Waals surface area contributed by atoms with E-state index in [1.54, 1.807) is 6.20 Å². The lowest BCUT2D eigenvalue weighted by molar-refractivity contribution is 0.0831. The van der Waals surface area contributed by atoms with Crippen LogP contribution in [0.4, 0.5) is 17.5 Å². The molecule has 0 amide bonds. The first-order chi connectivity index (χ1) is 13.1. The van der Waals surface area contributed by atoms with E-state index >= 15 is 0 Å². The van der Waals surface area contributed by atoms with Gasteiger partial charge in [-0.3, -0.25) is 0 Å². The molecule has 27 heavy (non-hydrogen) atoms. The maximum absolute atomic E-state index is 9.86. The van der Waals surface area contributed by atoms with Crippen molar-refractivity contribution in [2.75, 3.05) is 63.8 Å². The van der Waals surface area contributed by atoms with E-state index in [-0.39, 0.29) is 6.61 Å². The summed E-state index contributed by atoms with van der Waals surface area (Å²) < 4.78 is 11.0. The van der Waals surface area contributed by atoms with Crippen molar-refractivity contribution in [2.45, 2.75) is 6.10 Å². The average Bonchev–Trinajstić information content (AvgIpc) is 2.68. The van der Waals surface area contributed by atoms with Gasteiger partial charge < -0.3 is 29.7 Å². The fourth-order valence-electron chi connectivity index (χ4n) is 2.81. The molecule has 8 nitrogen and oxygen atoms in total. The molecule has 2 N–H and O–H groups in total. The van der Waals surface area contributed by atoms with E-state index in [2.05, 4.69) is 20.2 Å². The van der Waals surface area contributed by atoms with Crippen molar-refractivity contribution in [3.63, 3.8) is 0 Å². The largest absolute Gasteiger partial charge is 0.491 e. The molecule has 0 bridgehead atoms. The van der Waals surface area contributed by atoms with Crippen molar-refractivity contribution < 1.29 is 14.6 Å².